The van der Waals surface area contributed by atoms with Gasteiger partial charge in [0.1, 0.15) is 0 Å². The summed E-state index contributed by atoms with van der Waals surface area (Å²) >= 11 is 0. The second-order valence-electron chi connectivity index (χ2n) is 10.3. The molecule has 2 aliphatic rings. The molecule has 2 fully saturated rings. The van der Waals surface area contributed by atoms with E-state index in [2.05, 4.69) is 38.7 Å². The van der Waals surface area contributed by atoms with Gasteiger partial charge in [0.15, 0.2) is 0 Å². The average molecular weight is 498 g/mol. The van der Waals surface area contributed by atoms with Crippen LogP contribution >= 0.6 is 0 Å². The maximum atomic E-state index is 13.0. The van der Waals surface area contributed by atoms with Crippen LogP contribution in [-0.4, -0.2) is 37.2 Å². The molecule has 202 valence electrons. The highest BCUT2D eigenvalue weighted by molar-refractivity contribution is 5.30. The Morgan fingerprint density at radius 1 is 0.886 bits per heavy atom. The van der Waals surface area contributed by atoms with Crippen molar-refractivity contribution in [1.29, 1.82) is 0 Å². The summed E-state index contributed by atoms with van der Waals surface area (Å²) in [6.45, 7) is 20.6. The first-order chi connectivity index (χ1) is 16.6. The number of ether oxygens (including phenoxy) is 1. The molecule has 2 aliphatic heterocycles. The van der Waals surface area contributed by atoms with Crippen LogP contribution in [0.3, 0.4) is 0 Å². The van der Waals surface area contributed by atoms with Crippen LogP contribution < -0.4 is 0 Å². The Bertz CT molecular complexity index is 721. The standard InChI is InChI=1S/C26H38F3NO.2C2H6/c1-19(2)17-24(30-13-9-20(10-14-30)21-11-15-31-16-12-21)18-25(3,4)22-5-7-23(8-6-22)26(27,28)29;2*1-2/h5-8,17,20-21,24H,9-16,18H2,1-4H3;2*1-2H3. The lowest BCUT2D eigenvalue weighted by Gasteiger charge is -2.42. The van der Waals surface area contributed by atoms with Gasteiger partial charge in [0.2, 0.25) is 0 Å². The summed E-state index contributed by atoms with van der Waals surface area (Å²) in [6, 6.07) is 6.04. The van der Waals surface area contributed by atoms with Gasteiger partial charge in [-0.25, -0.2) is 0 Å². The van der Waals surface area contributed by atoms with Crippen LogP contribution in [0.15, 0.2) is 35.9 Å². The number of hydrogen-bond donors (Lipinski definition) is 0. The second-order valence-corrected chi connectivity index (χ2v) is 10.3. The molecular weight excluding hydrogens is 447 g/mol. The van der Waals surface area contributed by atoms with E-state index < -0.39 is 11.7 Å². The van der Waals surface area contributed by atoms with E-state index in [1.165, 1.54) is 43.4 Å². The molecule has 2 heterocycles. The fraction of sp³-hybridized carbons (Fsp3) is 0.733. The quantitative estimate of drug-likeness (QED) is 0.364. The molecule has 0 spiro atoms. The number of nitrogens with zero attached hydrogens (tertiary/aromatic N) is 1. The number of hydrogen-bond acceptors (Lipinski definition) is 2. The normalized spacial score (nSPS) is 19.1. The smallest absolute Gasteiger partial charge is 0.381 e. The van der Waals surface area contributed by atoms with Crippen LogP contribution in [0.25, 0.3) is 0 Å². The van der Waals surface area contributed by atoms with Crippen molar-refractivity contribution in [3.05, 3.63) is 47.0 Å². The third kappa shape index (κ3) is 9.92. The van der Waals surface area contributed by atoms with Crippen LogP contribution in [0.2, 0.25) is 0 Å². The molecule has 1 unspecified atom stereocenters. The van der Waals surface area contributed by atoms with Gasteiger partial charge in [-0.2, -0.15) is 13.2 Å². The number of allylic oxidation sites excluding steroid dienone is 1. The summed E-state index contributed by atoms with van der Waals surface area (Å²) in [5, 5.41) is 0. The van der Waals surface area contributed by atoms with Crippen LogP contribution in [0.5, 0.6) is 0 Å². The minimum absolute atomic E-state index is 0.210. The summed E-state index contributed by atoms with van der Waals surface area (Å²) in [4.78, 5) is 2.59. The van der Waals surface area contributed by atoms with Crippen LogP contribution in [-0.2, 0) is 16.3 Å². The Morgan fingerprint density at radius 2 is 1.34 bits per heavy atom. The topological polar surface area (TPSA) is 12.5 Å². The molecule has 0 aromatic heterocycles. The number of likely N-dealkylation sites (tertiary alicyclic amines) is 1. The molecule has 35 heavy (non-hydrogen) atoms. The Balaban J connectivity index is 0.00000145. The van der Waals surface area contributed by atoms with Crippen molar-refractivity contribution in [3.63, 3.8) is 0 Å². The average Bonchev–Trinajstić information content (AvgIpc) is 2.86. The highest BCUT2D eigenvalue weighted by atomic mass is 19.4. The molecule has 0 amide bonds. The second kappa shape index (κ2) is 15.0. The summed E-state index contributed by atoms with van der Waals surface area (Å²) in [6.07, 6.45) is 3.82. The van der Waals surface area contributed by atoms with Gasteiger partial charge >= 0.3 is 6.18 Å². The molecule has 1 atom stereocenters. The summed E-state index contributed by atoms with van der Waals surface area (Å²) in [5.41, 5.74) is 1.46. The minimum Gasteiger partial charge on any atom is -0.381 e. The SMILES string of the molecule is CC.CC.CC(C)=CC(CC(C)(C)c1ccc(C(F)(F)F)cc1)N1CCC(C2CCOCC2)CC1. The molecule has 2 saturated heterocycles. The lowest BCUT2D eigenvalue weighted by molar-refractivity contribution is -0.137. The molecule has 0 aliphatic carbocycles. The summed E-state index contributed by atoms with van der Waals surface area (Å²) < 4.78 is 44.4. The van der Waals surface area contributed by atoms with Gasteiger partial charge in [0.25, 0.3) is 0 Å². The third-order valence-corrected chi connectivity index (χ3v) is 7.21. The van der Waals surface area contributed by atoms with Crippen molar-refractivity contribution in [3.8, 4) is 0 Å². The van der Waals surface area contributed by atoms with Gasteiger partial charge in [-0.05, 0) is 94.0 Å². The van der Waals surface area contributed by atoms with Gasteiger partial charge in [0.05, 0.1) is 5.56 Å². The number of benzene rings is 1. The predicted octanol–water partition coefficient (Wildman–Crippen LogP) is 8.90. The molecule has 1 aromatic rings. The number of alkyl halides is 3. The monoisotopic (exact) mass is 497 g/mol. The maximum Gasteiger partial charge on any atom is 0.416 e. The van der Waals surface area contributed by atoms with Gasteiger partial charge in [0, 0.05) is 19.3 Å². The molecule has 1 aromatic carbocycles. The fourth-order valence-corrected chi connectivity index (χ4v) is 5.34. The van der Waals surface area contributed by atoms with Crippen LogP contribution in [0.4, 0.5) is 13.2 Å². The van der Waals surface area contributed by atoms with E-state index in [1.807, 2.05) is 27.7 Å². The maximum absolute atomic E-state index is 13.0. The van der Waals surface area contributed by atoms with Crippen molar-refractivity contribution in [2.75, 3.05) is 26.3 Å². The van der Waals surface area contributed by atoms with E-state index in [-0.39, 0.29) is 5.41 Å². The molecule has 0 bridgehead atoms. The zero-order chi connectivity index (χ0) is 26.6. The van der Waals surface area contributed by atoms with Crippen molar-refractivity contribution < 1.29 is 17.9 Å². The number of halogens is 3. The Morgan fingerprint density at radius 3 is 1.80 bits per heavy atom. The predicted molar refractivity (Wildman–Crippen MR) is 143 cm³/mol. The summed E-state index contributed by atoms with van der Waals surface area (Å²) in [5.74, 6) is 1.61. The van der Waals surface area contributed by atoms with Crippen molar-refractivity contribution in [2.24, 2.45) is 11.8 Å². The lowest BCUT2D eigenvalue weighted by atomic mass is 9.76. The highest BCUT2D eigenvalue weighted by Gasteiger charge is 2.34. The molecule has 2 nitrogen and oxygen atoms in total. The Kier molecular flexibility index (Phi) is 13.6. The summed E-state index contributed by atoms with van der Waals surface area (Å²) in [7, 11) is 0. The van der Waals surface area contributed by atoms with Gasteiger partial charge in [-0.3, -0.25) is 4.90 Å². The van der Waals surface area contributed by atoms with Crippen molar-refractivity contribution in [2.45, 2.75) is 105 Å². The highest BCUT2D eigenvalue weighted by Crippen LogP contribution is 2.37. The first-order valence-corrected chi connectivity index (χ1v) is 13.7. The molecule has 3 rings (SSSR count). The third-order valence-electron chi connectivity index (χ3n) is 7.21. The lowest BCUT2D eigenvalue weighted by Crippen LogP contribution is -2.44. The molecule has 0 saturated carbocycles. The largest absolute Gasteiger partial charge is 0.416 e. The zero-order valence-electron chi connectivity index (χ0n) is 23.5. The van der Waals surface area contributed by atoms with E-state index in [0.29, 0.717) is 6.04 Å². The van der Waals surface area contributed by atoms with Crippen LogP contribution in [0.1, 0.15) is 98.6 Å². The Labute approximate surface area is 213 Å². The number of rotatable bonds is 6. The van der Waals surface area contributed by atoms with E-state index >= 15 is 0 Å². The molecule has 5 heteroatoms. The molecular formula is C30H50F3NO. The Hall–Kier alpha value is -1.33. The van der Waals surface area contributed by atoms with Gasteiger partial charge in [-0.1, -0.05) is 65.3 Å². The molecule has 0 radical (unpaired) electrons. The van der Waals surface area contributed by atoms with Gasteiger partial charge < -0.3 is 4.74 Å². The first kappa shape index (κ1) is 31.7. The van der Waals surface area contributed by atoms with E-state index in [9.17, 15) is 13.2 Å². The van der Waals surface area contributed by atoms with E-state index in [0.717, 1.165) is 50.1 Å². The van der Waals surface area contributed by atoms with Crippen LogP contribution in [0, 0.1) is 11.8 Å². The zero-order valence-corrected chi connectivity index (χ0v) is 23.5. The van der Waals surface area contributed by atoms with Gasteiger partial charge in [-0.15, -0.1) is 0 Å². The van der Waals surface area contributed by atoms with Crippen molar-refractivity contribution >= 4 is 0 Å². The minimum atomic E-state index is -4.29. The van der Waals surface area contributed by atoms with E-state index in [1.54, 1.807) is 12.1 Å². The molecule has 0 N–H and O–H groups in total. The van der Waals surface area contributed by atoms with Crippen molar-refractivity contribution in [1.82, 2.24) is 4.90 Å². The first-order valence-electron chi connectivity index (χ1n) is 13.7. The number of piperidine rings is 1. The van der Waals surface area contributed by atoms with E-state index in [4.69, 9.17) is 4.74 Å². The fourth-order valence-electron chi connectivity index (χ4n) is 5.34.